The smallest absolute Gasteiger partial charge is 0.262 e. The summed E-state index contributed by atoms with van der Waals surface area (Å²) in [5.41, 5.74) is 1.19. The Labute approximate surface area is 111 Å². The highest BCUT2D eigenvalue weighted by molar-refractivity contribution is 5.92. The van der Waals surface area contributed by atoms with Crippen molar-refractivity contribution in [3.05, 3.63) is 66.0 Å². The van der Waals surface area contributed by atoms with Gasteiger partial charge in [-0.05, 0) is 24.3 Å². The molecule has 1 amide bonds. The maximum atomic E-state index is 11.6. The van der Waals surface area contributed by atoms with E-state index in [4.69, 9.17) is 11.3 Å². The molecule has 0 radical (unpaired) electrons. The van der Waals surface area contributed by atoms with Crippen molar-refractivity contribution in [3.8, 4) is 5.75 Å². The summed E-state index contributed by atoms with van der Waals surface area (Å²) in [6.07, 6.45) is 0. The highest BCUT2D eigenvalue weighted by Gasteiger charge is 2.03. The first-order valence-electron chi connectivity index (χ1n) is 5.73. The minimum absolute atomic E-state index is 0.0470. The molecule has 4 nitrogen and oxygen atoms in total. The van der Waals surface area contributed by atoms with E-state index in [1.54, 1.807) is 36.4 Å². The zero-order valence-electron chi connectivity index (χ0n) is 10.2. The van der Waals surface area contributed by atoms with Crippen molar-refractivity contribution in [2.45, 2.75) is 0 Å². The molecule has 0 aliphatic carbocycles. The van der Waals surface area contributed by atoms with E-state index in [0.29, 0.717) is 17.1 Å². The maximum absolute atomic E-state index is 11.6. The van der Waals surface area contributed by atoms with Gasteiger partial charge in [0.05, 0.1) is 6.57 Å². The highest BCUT2D eigenvalue weighted by Crippen LogP contribution is 2.16. The third-order valence-electron chi connectivity index (χ3n) is 2.39. The van der Waals surface area contributed by atoms with Crippen molar-refractivity contribution in [3.63, 3.8) is 0 Å². The Hall–Kier alpha value is -2.80. The van der Waals surface area contributed by atoms with Gasteiger partial charge >= 0.3 is 0 Å². The van der Waals surface area contributed by atoms with Crippen LogP contribution in [0, 0.1) is 6.57 Å². The standard InChI is InChI=1S/C15H12N2O2/c1-16-12-7-9-13(10-8-12)17-15(18)11-19-14-5-3-2-4-6-14/h2-10H,11H2,(H,17,18). The van der Waals surface area contributed by atoms with E-state index >= 15 is 0 Å². The summed E-state index contributed by atoms with van der Waals surface area (Å²) in [5.74, 6) is 0.417. The van der Waals surface area contributed by atoms with Crippen LogP contribution in [-0.2, 0) is 4.79 Å². The Morgan fingerprint density at radius 1 is 1.11 bits per heavy atom. The highest BCUT2D eigenvalue weighted by atomic mass is 16.5. The number of rotatable bonds is 4. The van der Waals surface area contributed by atoms with Crippen molar-refractivity contribution in [1.82, 2.24) is 0 Å². The second-order valence-electron chi connectivity index (χ2n) is 3.81. The van der Waals surface area contributed by atoms with E-state index in [1.807, 2.05) is 18.2 Å². The lowest BCUT2D eigenvalue weighted by Gasteiger charge is -2.07. The number of hydrogen-bond donors (Lipinski definition) is 1. The Kier molecular flexibility index (Phi) is 4.14. The molecule has 0 unspecified atom stereocenters. The second-order valence-corrected chi connectivity index (χ2v) is 3.81. The SMILES string of the molecule is [C-]#[N+]c1ccc(NC(=O)COc2ccccc2)cc1. The van der Waals surface area contributed by atoms with Gasteiger partial charge in [0.15, 0.2) is 12.3 Å². The molecule has 19 heavy (non-hydrogen) atoms. The molecule has 2 aromatic carbocycles. The maximum Gasteiger partial charge on any atom is 0.262 e. The number of carbonyl (C=O) groups is 1. The minimum Gasteiger partial charge on any atom is -0.484 e. The Bertz CT molecular complexity index is 586. The summed E-state index contributed by atoms with van der Waals surface area (Å²) in [5, 5.41) is 2.70. The molecule has 4 heteroatoms. The number of nitrogens with zero attached hydrogens (tertiary/aromatic N) is 1. The van der Waals surface area contributed by atoms with Crippen LogP contribution < -0.4 is 10.1 Å². The molecule has 0 spiro atoms. The first kappa shape index (κ1) is 12.7. The van der Waals surface area contributed by atoms with Gasteiger partial charge in [0.1, 0.15) is 5.75 Å². The van der Waals surface area contributed by atoms with Crippen LogP contribution in [0.5, 0.6) is 5.75 Å². The predicted octanol–water partition coefficient (Wildman–Crippen LogP) is 3.25. The number of benzene rings is 2. The third-order valence-corrected chi connectivity index (χ3v) is 2.39. The number of hydrogen-bond acceptors (Lipinski definition) is 2. The van der Waals surface area contributed by atoms with Crippen LogP contribution in [-0.4, -0.2) is 12.5 Å². The fourth-order valence-corrected chi connectivity index (χ4v) is 1.48. The molecule has 0 bridgehead atoms. The number of anilines is 1. The van der Waals surface area contributed by atoms with Crippen molar-refractivity contribution in [2.24, 2.45) is 0 Å². The zero-order valence-corrected chi connectivity index (χ0v) is 10.2. The molecule has 0 atom stereocenters. The Balaban J connectivity index is 1.86. The summed E-state index contributed by atoms with van der Waals surface area (Å²) in [7, 11) is 0. The van der Waals surface area contributed by atoms with Crippen LogP contribution in [0.2, 0.25) is 0 Å². The third kappa shape index (κ3) is 3.86. The topological polar surface area (TPSA) is 42.7 Å². The lowest BCUT2D eigenvalue weighted by molar-refractivity contribution is -0.118. The molecular formula is C15H12N2O2. The molecule has 0 aromatic heterocycles. The minimum atomic E-state index is -0.237. The van der Waals surface area contributed by atoms with Crippen LogP contribution in [0.15, 0.2) is 54.6 Å². The summed E-state index contributed by atoms with van der Waals surface area (Å²) in [4.78, 5) is 14.9. The molecule has 0 aliphatic rings. The summed E-state index contributed by atoms with van der Waals surface area (Å²) in [6.45, 7) is 6.79. The van der Waals surface area contributed by atoms with Crippen molar-refractivity contribution < 1.29 is 9.53 Å². The van der Waals surface area contributed by atoms with Crippen molar-refractivity contribution >= 4 is 17.3 Å². The molecule has 0 saturated carbocycles. The number of amides is 1. The first-order valence-corrected chi connectivity index (χ1v) is 5.73. The molecule has 1 N–H and O–H groups in total. The fourth-order valence-electron chi connectivity index (χ4n) is 1.48. The lowest BCUT2D eigenvalue weighted by atomic mass is 10.3. The average Bonchev–Trinajstić information content (AvgIpc) is 2.47. The van der Waals surface area contributed by atoms with Crippen LogP contribution in [0.25, 0.3) is 4.85 Å². The van der Waals surface area contributed by atoms with Gasteiger partial charge < -0.3 is 10.1 Å². The quantitative estimate of drug-likeness (QED) is 0.849. The van der Waals surface area contributed by atoms with Crippen molar-refractivity contribution in [1.29, 1.82) is 0 Å². The van der Waals surface area contributed by atoms with Gasteiger partial charge in [-0.1, -0.05) is 30.3 Å². The van der Waals surface area contributed by atoms with Gasteiger partial charge in [-0.3, -0.25) is 4.79 Å². The van der Waals surface area contributed by atoms with Gasteiger partial charge in [-0.25, -0.2) is 4.85 Å². The predicted molar refractivity (Wildman–Crippen MR) is 73.3 cm³/mol. The summed E-state index contributed by atoms with van der Waals surface area (Å²) < 4.78 is 5.32. The molecule has 0 saturated heterocycles. The molecule has 94 valence electrons. The van der Waals surface area contributed by atoms with Gasteiger partial charge in [0, 0.05) is 5.69 Å². The zero-order chi connectivity index (χ0) is 13.5. The van der Waals surface area contributed by atoms with Gasteiger partial charge in [0.2, 0.25) is 0 Å². The largest absolute Gasteiger partial charge is 0.484 e. The summed E-state index contributed by atoms with van der Waals surface area (Å²) >= 11 is 0. The normalized spacial score (nSPS) is 9.42. The van der Waals surface area contributed by atoms with E-state index in [2.05, 4.69) is 10.2 Å². The monoisotopic (exact) mass is 252 g/mol. The van der Waals surface area contributed by atoms with E-state index in [0.717, 1.165) is 0 Å². The summed E-state index contributed by atoms with van der Waals surface area (Å²) in [6, 6.07) is 15.8. The van der Waals surface area contributed by atoms with E-state index in [1.165, 1.54) is 0 Å². The molecule has 2 rings (SSSR count). The number of carbonyl (C=O) groups excluding carboxylic acids is 1. The fraction of sp³-hybridized carbons (Fsp3) is 0.0667. The van der Waals surface area contributed by atoms with Crippen LogP contribution in [0.1, 0.15) is 0 Å². The first-order chi connectivity index (χ1) is 9.28. The molecule has 0 heterocycles. The van der Waals surface area contributed by atoms with E-state index < -0.39 is 0 Å². The van der Waals surface area contributed by atoms with Crippen molar-refractivity contribution in [2.75, 3.05) is 11.9 Å². The molecule has 2 aromatic rings. The van der Waals surface area contributed by atoms with Crippen LogP contribution in [0.4, 0.5) is 11.4 Å². The molecule has 0 aliphatic heterocycles. The Morgan fingerprint density at radius 3 is 2.42 bits per heavy atom. The van der Waals surface area contributed by atoms with Crippen LogP contribution in [0.3, 0.4) is 0 Å². The van der Waals surface area contributed by atoms with Gasteiger partial charge in [-0.15, -0.1) is 0 Å². The van der Waals surface area contributed by atoms with E-state index in [-0.39, 0.29) is 12.5 Å². The molecule has 0 fully saturated rings. The lowest BCUT2D eigenvalue weighted by Crippen LogP contribution is -2.19. The number of para-hydroxylation sites is 1. The average molecular weight is 252 g/mol. The number of ether oxygens (including phenoxy) is 1. The van der Waals surface area contributed by atoms with E-state index in [9.17, 15) is 4.79 Å². The molecular weight excluding hydrogens is 240 g/mol. The Morgan fingerprint density at radius 2 is 1.79 bits per heavy atom. The second kappa shape index (κ2) is 6.22. The van der Waals surface area contributed by atoms with Gasteiger partial charge in [-0.2, -0.15) is 0 Å². The van der Waals surface area contributed by atoms with Crippen LogP contribution >= 0.6 is 0 Å². The number of nitrogens with one attached hydrogen (secondary N) is 1. The van der Waals surface area contributed by atoms with Gasteiger partial charge in [0.25, 0.3) is 5.91 Å².